The summed E-state index contributed by atoms with van der Waals surface area (Å²) in [6.45, 7) is 8.22. The lowest BCUT2D eigenvalue weighted by Gasteiger charge is -2.18. The van der Waals surface area contributed by atoms with Crippen LogP contribution in [0.4, 0.5) is 0 Å². The van der Waals surface area contributed by atoms with Gasteiger partial charge in [-0.2, -0.15) is 0 Å². The molecular weight excluding hydrogens is 214 g/mol. The third-order valence-corrected chi connectivity index (χ3v) is 2.56. The van der Waals surface area contributed by atoms with E-state index in [1.807, 2.05) is 45.9 Å². The van der Waals surface area contributed by atoms with E-state index in [0.717, 1.165) is 16.9 Å². The maximum atomic E-state index is 11.8. The monoisotopic (exact) mass is 235 g/mol. The number of ether oxygens (including phenoxy) is 1. The molecule has 1 N–H and O–H groups in total. The van der Waals surface area contributed by atoms with Gasteiger partial charge in [0.05, 0.1) is 7.11 Å². The van der Waals surface area contributed by atoms with E-state index in [-0.39, 0.29) is 11.3 Å². The minimum Gasteiger partial charge on any atom is -0.496 e. The van der Waals surface area contributed by atoms with Gasteiger partial charge in [0.15, 0.2) is 0 Å². The first-order chi connectivity index (χ1) is 7.84. The Kier molecular flexibility index (Phi) is 4.16. The van der Waals surface area contributed by atoms with Gasteiger partial charge in [0.1, 0.15) is 5.75 Å². The van der Waals surface area contributed by atoms with E-state index < -0.39 is 0 Å². The highest BCUT2D eigenvalue weighted by molar-refractivity contribution is 5.81. The predicted molar refractivity (Wildman–Crippen MR) is 69.0 cm³/mol. The zero-order valence-corrected chi connectivity index (χ0v) is 11.3. The second kappa shape index (κ2) is 5.21. The van der Waals surface area contributed by atoms with E-state index in [9.17, 15) is 4.79 Å². The number of carbonyl (C=O) groups excluding carboxylic acids is 1. The van der Waals surface area contributed by atoms with Gasteiger partial charge in [0.25, 0.3) is 0 Å². The van der Waals surface area contributed by atoms with Gasteiger partial charge in [-0.25, -0.2) is 0 Å². The number of methoxy groups -OCH3 is 1. The number of rotatable bonds is 3. The number of amides is 1. The van der Waals surface area contributed by atoms with E-state index in [2.05, 4.69) is 5.32 Å². The van der Waals surface area contributed by atoms with Crippen LogP contribution in [0, 0.1) is 12.3 Å². The summed E-state index contributed by atoms with van der Waals surface area (Å²) in [5.74, 6) is 0.853. The first-order valence-corrected chi connectivity index (χ1v) is 5.76. The maximum absolute atomic E-state index is 11.8. The summed E-state index contributed by atoms with van der Waals surface area (Å²) in [7, 11) is 1.64. The van der Waals surface area contributed by atoms with Crippen molar-refractivity contribution in [2.45, 2.75) is 34.2 Å². The van der Waals surface area contributed by atoms with Crippen molar-refractivity contribution >= 4 is 5.91 Å². The Morgan fingerprint density at radius 2 is 2.00 bits per heavy atom. The van der Waals surface area contributed by atoms with E-state index in [0.29, 0.717) is 6.54 Å². The van der Waals surface area contributed by atoms with Gasteiger partial charge in [-0.15, -0.1) is 0 Å². The van der Waals surface area contributed by atoms with Crippen LogP contribution >= 0.6 is 0 Å². The van der Waals surface area contributed by atoms with Crippen molar-refractivity contribution < 1.29 is 9.53 Å². The fraction of sp³-hybridized carbons (Fsp3) is 0.500. The van der Waals surface area contributed by atoms with Crippen LogP contribution in [0.3, 0.4) is 0 Å². The van der Waals surface area contributed by atoms with Crippen LogP contribution in [0.1, 0.15) is 31.9 Å². The van der Waals surface area contributed by atoms with Crippen molar-refractivity contribution in [3.63, 3.8) is 0 Å². The topological polar surface area (TPSA) is 38.3 Å². The maximum Gasteiger partial charge on any atom is 0.225 e. The third kappa shape index (κ3) is 3.77. The van der Waals surface area contributed by atoms with Gasteiger partial charge in [0.2, 0.25) is 5.91 Å². The number of nitrogens with one attached hydrogen (secondary N) is 1. The lowest BCUT2D eigenvalue weighted by Crippen LogP contribution is -2.34. The molecule has 1 aromatic rings. The lowest BCUT2D eigenvalue weighted by molar-refractivity contribution is -0.128. The van der Waals surface area contributed by atoms with Crippen LogP contribution in [0.25, 0.3) is 0 Å². The smallest absolute Gasteiger partial charge is 0.225 e. The van der Waals surface area contributed by atoms with Crippen molar-refractivity contribution in [1.82, 2.24) is 5.32 Å². The second-order valence-electron chi connectivity index (χ2n) is 5.25. The minimum atomic E-state index is -0.364. The molecule has 0 aromatic heterocycles. The fourth-order valence-electron chi connectivity index (χ4n) is 1.49. The average Bonchev–Trinajstić information content (AvgIpc) is 2.24. The molecule has 0 aliphatic heterocycles. The molecule has 1 rings (SSSR count). The molecule has 17 heavy (non-hydrogen) atoms. The normalized spacial score (nSPS) is 11.1. The van der Waals surface area contributed by atoms with Gasteiger partial charge in [-0.05, 0) is 13.0 Å². The highest BCUT2D eigenvalue weighted by Gasteiger charge is 2.20. The molecule has 0 spiro atoms. The molecule has 3 heteroatoms. The molecule has 0 saturated carbocycles. The average molecular weight is 235 g/mol. The van der Waals surface area contributed by atoms with Gasteiger partial charge < -0.3 is 10.1 Å². The largest absolute Gasteiger partial charge is 0.496 e. The molecule has 0 atom stereocenters. The van der Waals surface area contributed by atoms with Crippen LogP contribution in [0.5, 0.6) is 5.75 Å². The zero-order valence-electron chi connectivity index (χ0n) is 11.3. The Balaban J connectivity index is 2.75. The Hall–Kier alpha value is -1.51. The lowest BCUT2D eigenvalue weighted by atomic mass is 9.95. The Morgan fingerprint density at radius 1 is 1.35 bits per heavy atom. The highest BCUT2D eigenvalue weighted by atomic mass is 16.5. The molecular formula is C14H21NO2. The van der Waals surface area contributed by atoms with Crippen LogP contribution in [-0.4, -0.2) is 13.0 Å². The third-order valence-electron chi connectivity index (χ3n) is 2.56. The standard InChI is InChI=1S/C14H21NO2/c1-10-6-7-12(17-5)11(8-10)9-15-13(16)14(2,3)4/h6-8H,9H2,1-5H3,(H,15,16). The van der Waals surface area contributed by atoms with Crippen molar-refractivity contribution in [1.29, 1.82) is 0 Å². The van der Waals surface area contributed by atoms with Crippen molar-refractivity contribution in [2.75, 3.05) is 7.11 Å². The van der Waals surface area contributed by atoms with Gasteiger partial charge >= 0.3 is 0 Å². The molecule has 0 heterocycles. The number of aryl methyl sites for hydroxylation is 1. The van der Waals surface area contributed by atoms with Crippen molar-refractivity contribution in [3.05, 3.63) is 29.3 Å². The number of hydrogen-bond donors (Lipinski definition) is 1. The van der Waals surface area contributed by atoms with Crippen LogP contribution in [-0.2, 0) is 11.3 Å². The van der Waals surface area contributed by atoms with E-state index in [4.69, 9.17) is 4.74 Å². The molecule has 0 fully saturated rings. The molecule has 0 aliphatic carbocycles. The minimum absolute atomic E-state index is 0.0426. The van der Waals surface area contributed by atoms with E-state index in [1.165, 1.54) is 0 Å². The summed E-state index contributed by atoms with van der Waals surface area (Å²) >= 11 is 0. The predicted octanol–water partition coefficient (Wildman–Crippen LogP) is 2.67. The fourth-order valence-corrected chi connectivity index (χ4v) is 1.49. The summed E-state index contributed by atoms with van der Waals surface area (Å²) in [6.07, 6.45) is 0. The van der Waals surface area contributed by atoms with E-state index in [1.54, 1.807) is 7.11 Å². The van der Waals surface area contributed by atoms with Crippen LogP contribution in [0.2, 0.25) is 0 Å². The first kappa shape index (κ1) is 13.6. The van der Waals surface area contributed by atoms with Gasteiger partial charge in [-0.3, -0.25) is 4.79 Å². The highest BCUT2D eigenvalue weighted by Crippen LogP contribution is 2.20. The SMILES string of the molecule is COc1ccc(C)cc1CNC(=O)C(C)(C)C. The van der Waals surface area contributed by atoms with Crippen molar-refractivity contribution in [2.24, 2.45) is 5.41 Å². The molecule has 0 unspecified atom stereocenters. The molecule has 94 valence electrons. The Labute approximate surface area is 103 Å². The van der Waals surface area contributed by atoms with Gasteiger partial charge in [-0.1, -0.05) is 38.5 Å². The summed E-state index contributed by atoms with van der Waals surface area (Å²) in [5, 5.41) is 2.92. The second-order valence-corrected chi connectivity index (χ2v) is 5.25. The molecule has 0 bridgehead atoms. The van der Waals surface area contributed by atoms with Gasteiger partial charge in [0, 0.05) is 17.5 Å². The molecule has 0 aliphatic rings. The first-order valence-electron chi connectivity index (χ1n) is 5.76. The zero-order chi connectivity index (χ0) is 13.1. The van der Waals surface area contributed by atoms with Crippen LogP contribution < -0.4 is 10.1 Å². The Bertz CT molecular complexity index is 405. The summed E-state index contributed by atoms with van der Waals surface area (Å²) in [4.78, 5) is 11.8. The van der Waals surface area contributed by atoms with E-state index >= 15 is 0 Å². The summed E-state index contributed by atoms with van der Waals surface area (Å²) in [5.41, 5.74) is 1.80. The quantitative estimate of drug-likeness (QED) is 0.874. The number of carbonyl (C=O) groups is 1. The van der Waals surface area contributed by atoms with Crippen LogP contribution in [0.15, 0.2) is 18.2 Å². The number of benzene rings is 1. The molecule has 0 saturated heterocycles. The molecule has 1 aromatic carbocycles. The van der Waals surface area contributed by atoms with Crippen molar-refractivity contribution in [3.8, 4) is 5.75 Å². The summed E-state index contributed by atoms with van der Waals surface area (Å²) < 4.78 is 5.27. The summed E-state index contributed by atoms with van der Waals surface area (Å²) in [6, 6.07) is 5.95. The Morgan fingerprint density at radius 3 is 2.53 bits per heavy atom. The molecule has 3 nitrogen and oxygen atoms in total. The number of hydrogen-bond acceptors (Lipinski definition) is 2. The molecule has 0 radical (unpaired) electrons. The molecule has 1 amide bonds.